The summed E-state index contributed by atoms with van der Waals surface area (Å²) in [5.74, 6) is 10.7. The summed E-state index contributed by atoms with van der Waals surface area (Å²) in [5.41, 5.74) is 6.08. The third kappa shape index (κ3) is 1.84. The Morgan fingerprint density at radius 1 is 1.44 bits per heavy atom. The fourth-order valence-electron chi connectivity index (χ4n) is 3.79. The van der Waals surface area contributed by atoms with Gasteiger partial charge >= 0.3 is 0 Å². The van der Waals surface area contributed by atoms with Gasteiger partial charge in [-0.25, -0.2) is 0 Å². The number of benzene rings is 1. The molecule has 0 amide bonds. The molecule has 0 bridgehead atoms. The maximum Gasteiger partial charge on any atom is 0.0256 e. The van der Waals surface area contributed by atoms with Gasteiger partial charge in [0.15, 0.2) is 0 Å². The van der Waals surface area contributed by atoms with Crippen LogP contribution in [-0.4, -0.2) is 6.04 Å². The van der Waals surface area contributed by atoms with Gasteiger partial charge in [-0.1, -0.05) is 24.3 Å². The first kappa shape index (κ1) is 11.8. The highest BCUT2D eigenvalue weighted by Gasteiger charge is 2.55. The van der Waals surface area contributed by atoms with Crippen LogP contribution in [0.3, 0.4) is 0 Å². The fourth-order valence-corrected chi connectivity index (χ4v) is 3.79. The van der Waals surface area contributed by atoms with Crippen LogP contribution in [-0.2, 0) is 6.42 Å². The molecule has 0 aliphatic heterocycles. The molecule has 4 atom stereocenters. The number of fused-ring (bicyclic) bond motifs is 3. The predicted molar refractivity (Wildman–Crippen MR) is 73.7 cm³/mol. The molecule has 4 unspecified atom stereocenters. The van der Waals surface area contributed by atoms with Crippen molar-refractivity contribution in [2.75, 3.05) is 0 Å². The highest BCUT2D eigenvalue weighted by atomic mass is 15.2. The second-order valence-electron chi connectivity index (χ2n) is 5.52. The van der Waals surface area contributed by atoms with Crippen molar-refractivity contribution in [3.8, 4) is 12.3 Å². The van der Waals surface area contributed by atoms with Gasteiger partial charge in [-0.15, -0.1) is 12.3 Å². The third-order valence-electron chi connectivity index (χ3n) is 4.67. The second kappa shape index (κ2) is 4.76. The van der Waals surface area contributed by atoms with E-state index in [-0.39, 0.29) is 0 Å². The average molecular weight is 240 g/mol. The molecule has 3 N–H and O–H groups in total. The van der Waals surface area contributed by atoms with Gasteiger partial charge in [0, 0.05) is 12.5 Å². The van der Waals surface area contributed by atoms with E-state index in [9.17, 15) is 0 Å². The molecule has 1 fully saturated rings. The van der Waals surface area contributed by atoms with E-state index in [1.54, 1.807) is 5.56 Å². The fraction of sp³-hybridized carbons (Fsp3) is 0.500. The predicted octanol–water partition coefficient (Wildman–Crippen LogP) is 2.21. The van der Waals surface area contributed by atoms with Crippen molar-refractivity contribution in [3.05, 3.63) is 35.4 Å². The zero-order valence-electron chi connectivity index (χ0n) is 10.6. The molecular formula is C16H20N2. The summed E-state index contributed by atoms with van der Waals surface area (Å²) in [6.45, 7) is 0. The molecule has 0 saturated heterocycles. The molecule has 0 heterocycles. The van der Waals surface area contributed by atoms with E-state index in [4.69, 9.17) is 12.3 Å². The maximum atomic E-state index is 5.71. The number of terminal acetylenes is 1. The van der Waals surface area contributed by atoms with Crippen LogP contribution in [0.25, 0.3) is 0 Å². The highest BCUT2D eigenvalue weighted by Crippen LogP contribution is 2.61. The van der Waals surface area contributed by atoms with E-state index in [0.29, 0.717) is 17.9 Å². The Kier molecular flexibility index (Phi) is 3.11. The molecule has 0 spiro atoms. The normalized spacial score (nSPS) is 29.9. The van der Waals surface area contributed by atoms with Crippen LogP contribution in [0.1, 0.15) is 36.3 Å². The molecule has 1 aromatic carbocycles. The molecule has 18 heavy (non-hydrogen) atoms. The van der Waals surface area contributed by atoms with E-state index in [1.807, 2.05) is 0 Å². The van der Waals surface area contributed by atoms with Crippen molar-refractivity contribution in [1.82, 2.24) is 5.43 Å². The van der Waals surface area contributed by atoms with Crippen LogP contribution in [0.5, 0.6) is 0 Å². The highest BCUT2D eigenvalue weighted by molar-refractivity contribution is 5.40. The van der Waals surface area contributed by atoms with Gasteiger partial charge in [-0.2, -0.15) is 0 Å². The number of hydrazine groups is 1. The average Bonchev–Trinajstić information content (AvgIpc) is 3.15. The van der Waals surface area contributed by atoms with Crippen LogP contribution in [0, 0.1) is 24.2 Å². The Bertz CT molecular complexity index is 474. The minimum atomic E-state index is 0.377. The Morgan fingerprint density at radius 2 is 2.28 bits per heavy atom. The Labute approximate surface area is 109 Å². The molecule has 2 aliphatic rings. The molecule has 3 rings (SSSR count). The number of hydrogen-bond acceptors (Lipinski definition) is 2. The Hall–Kier alpha value is -1.30. The maximum absolute atomic E-state index is 5.71. The standard InChI is InChI=1S/C16H20N2/c1-2-3-8-14(18-17)16-13-10-9-11-6-4-5-7-12(11)15(13)16/h1,4-7,13-16,18H,3,8-10,17H2. The van der Waals surface area contributed by atoms with Crippen molar-refractivity contribution in [2.24, 2.45) is 17.7 Å². The molecular weight excluding hydrogens is 220 g/mol. The minimum Gasteiger partial charge on any atom is -0.271 e. The van der Waals surface area contributed by atoms with Gasteiger partial charge in [0.25, 0.3) is 0 Å². The lowest BCUT2D eigenvalue weighted by atomic mass is 9.92. The summed E-state index contributed by atoms with van der Waals surface area (Å²) in [6, 6.07) is 9.24. The summed E-state index contributed by atoms with van der Waals surface area (Å²) >= 11 is 0. The van der Waals surface area contributed by atoms with Crippen LogP contribution in [0.2, 0.25) is 0 Å². The number of nitrogens with one attached hydrogen (secondary N) is 1. The van der Waals surface area contributed by atoms with Gasteiger partial charge in [0.1, 0.15) is 0 Å². The first-order valence-electron chi connectivity index (χ1n) is 6.84. The van der Waals surface area contributed by atoms with E-state index in [2.05, 4.69) is 35.6 Å². The topological polar surface area (TPSA) is 38.0 Å². The number of nitrogens with two attached hydrogens (primary N) is 1. The first-order chi connectivity index (χ1) is 8.86. The lowest BCUT2D eigenvalue weighted by Crippen LogP contribution is -2.37. The van der Waals surface area contributed by atoms with Gasteiger partial charge in [-0.05, 0) is 48.1 Å². The second-order valence-corrected chi connectivity index (χ2v) is 5.52. The van der Waals surface area contributed by atoms with Crippen LogP contribution in [0.4, 0.5) is 0 Å². The molecule has 94 valence electrons. The quantitative estimate of drug-likeness (QED) is 0.481. The number of hydrogen-bond donors (Lipinski definition) is 2. The summed E-state index contributed by atoms with van der Waals surface area (Å²) in [4.78, 5) is 0. The van der Waals surface area contributed by atoms with Crippen LogP contribution >= 0.6 is 0 Å². The largest absolute Gasteiger partial charge is 0.271 e. The SMILES string of the molecule is C#CCCC(NN)C1C2CCc3ccccc3C21. The van der Waals surface area contributed by atoms with Gasteiger partial charge in [-0.3, -0.25) is 11.3 Å². The molecule has 1 aromatic rings. The number of rotatable bonds is 4. The van der Waals surface area contributed by atoms with Crippen LogP contribution < -0.4 is 11.3 Å². The van der Waals surface area contributed by atoms with E-state index in [0.717, 1.165) is 18.8 Å². The summed E-state index contributed by atoms with van der Waals surface area (Å²) in [5, 5.41) is 0. The zero-order valence-corrected chi connectivity index (χ0v) is 10.6. The monoisotopic (exact) mass is 240 g/mol. The van der Waals surface area contributed by atoms with Gasteiger partial charge in [0.05, 0.1) is 0 Å². The molecule has 2 heteroatoms. The lowest BCUT2D eigenvalue weighted by Gasteiger charge is -2.15. The van der Waals surface area contributed by atoms with Crippen molar-refractivity contribution >= 4 is 0 Å². The Morgan fingerprint density at radius 3 is 3.06 bits per heavy atom. The molecule has 1 saturated carbocycles. The van der Waals surface area contributed by atoms with Gasteiger partial charge in [0.2, 0.25) is 0 Å². The smallest absolute Gasteiger partial charge is 0.0256 e. The van der Waals surface area contributed by atoms with Crippen LogP contribution in [0.15, 0.2) is 24.3 Å². The van der Waals surface area contributed by atoms with E-state index in [1.165, 1.54) is 18.4 Å². The molecule has 0 aromatic heterocycles. The first-order valence-corrected chi connectivity index (χ1v) is 6.84. The van der Waals surface area contributed by atoms with E-state index >= 15 is 0 Å². The molecule has 0 radical (unpaired) electrons. The summed E-state index contributed by atoms with van der Waals surface area (Å²) in [7, 11) is 0. The summed E-state index contributed by atoms with van der Waals surface area (Å²) < 4.78 is 0. The van der Waals surface area contributed by atoms with Crippen molar-refractivity contribution in [2.45, 2.75) is 37.6 Å². The van der Waals surface area contributed by atoms with Crippen molar-refractivity contribution < 1.29 is 0 Å². The zero-order chi connectivity index (χ0) is 12.5. The van der Waals surface area contributed by atoms with Crippen molar-refractivity contribution in [3.63, 3.8) is 0 Å². The summed E-state index contributed by atoms with van der Waals surface area (Å²) in [6.07, 6.45) is 9.69. The Balaban J connectivity index is 1.77. The van der Waals surface area contributed by atoms with Crippen molar-refractivity contribution in [1.29, 1.82) is 0 Å². The number of aryl methyl sites for hydroxylation is 1. The van der Waals surface area contributed by atoms with E-state index < -0.39 is 0 Å². The minimum absolute atomic E-state index is 0.377. The molecule has 2 aliphatic carbocycles. The molecule has 2 nitrogen and oxygen atoms in total. The third-order valence-corrected chi connectivity index (χ3v) is 4.67. The van der Waals surface area contributed by atoms with Gasteiger partial charge < -0.3 is 0 Å². The lowest BCUT2D eigenvalue weighted by molar-refractivity contribution is 0.423.